The molecule has 0 radical (unpaired) electrons. The van der Waals surface area contributed by atoms with Gasteiger partial charge in [0.25, 0.3) is 0 Å². The maximum atomic E-state index is 11.4. The predicted octanol–water partition coefficient (Wildman–Crippen LogP) is 8.35. The molecule has 0 spiro atoms. The molecule has 2 aliphatic carbocycles. The third-order valence-corrected chi connectivity index (χ3v) is 10.4. The van der Waals surface area contributed by atoms with Gasteiger partial charge in [-0.2, -0.15) is 0 Å². The van der Waals surface area contributed by atoms with E-state index < -0.39 is 4.76 Å². The first-order valence-corrected chi connectivity index (χ1v) is 16.0. The zero-order chi connectivity index (χ0) is 28.4. The first-order valence-electron chi connectivity index (χ1n) is 16.0. The molecule has 1 unspecified atom stereocenters. The van der Waals surface area contributed by atoms with E-state index in [1.165, 1.54) is 76.6 Å². The van der Waals surface area contributed by atoms with Gasteiger partial charge in [0.05, 0.1) is 9.98 Å². The molecule has 7 heteroatoms. The van der Waals surface area contributed by atoms with E-state index in [0.29, 0.717) is 17.8 Å². The highest BCUT2D eigenvalue weighted by atomic mass is 16.8. The maximum Gasteiger partial charge on any atom is 0.360 e. The molecule has 3 aromatic rings. The summed E-state index contributed by atoms with van der Waals surface area (Å²) in [7, 11) is 0. The van der Waals surface area contributed by atoms with Gasteiger partial charge in [0.2, 0.25) is 11.4 Å². The zero-order valence-electron chi connectivity index (χ0n) is 24.5. The second kappa shape index (κ2) is 12.0. The second-order valence-electron chi connectivity index (χ2n) is 12.5. The normalized spacial score (nSPS) is 26.6. The summed E-state index contributed by atoms with van der Waals surface area (Å²) in [5.74, 6) is 2.04. The highest BCUT2D eigenvalue weighted by Crippen LogP contribution is 2.47. The van der Waals surface area contributed by atoms with Crippen LogP contribution in [0.25, 0.3) is 11.1 Å². The Labute approximate surface area is 249 Å². The Morgan fingerprint density at radius 3 is 2.05 bits per heavy atom. The standard InChI is InChI=1S/C35H42N5O2/c41-26-42-40(35-9-5-4-8-34(35)36-37-40)33-20-14-30(15-21-33)29-12-18-32(19-13-29)39-24-22-38(23-25-39)31-16-10-28(11-17-31)27-6-2-1-3-7-27/h4-5,8-9,12-15,18-21,26-28,31H,1-3,6-7,10-11,16-17,22-25H2/q+1/t28-,31-,40?. The number of fused-ring (bicyclic) bond motifs is 1. The van der Waals surface area contributed by atoms with Crippen LogP contribution in [0.15, 0.2) is 83.1 Å². The van der Waals surface area contributed by atoms with Crippen molar-refractivity contribution in [3.8, 4) is 11.1 Å². The van der Waals surface area contributed by atoms with Crippen LogP contribution in [0.3, 0.4) is 0 Å². The Balaban J connectivity index is 0.955. The zero-order valence-corrected chi connectivity index (χ0v) is 24.5. The van der Waals surface area contributed by atoms with E-state index in [9.17, 15) is 4.79 Å². The number of carbonyl (C=O) groups is 1. The van der Waals surface area contributed by atoms with Crippen molar-refractivity contribution in [1.82, 2.24) is 9.66 Å². The number of para-hydroxylation sites is 1. The van der Waals surface area contributed by atoms with E-state index >= 15 is 0 Å². The minimum Gasteiger partial charge on any atom is -0.369 e. The molecule has 2 heterocycles. The fraction of sp³-hybridized carbons (Fsp3) is 0.457. The number of piperazine rings is 1. The molecule has 218 valence electrons. The molecule has 0 aromatic heterocycles. The molecule has 7 nitrogen and oxygen atoms in total. The van der Waals surface area contributed by atoms with Crippen molar-refractivity contribution in [2.75, 3.05) is 31.1 Å². The topological polar surface area (TPSA) is 57.5 Å². The van der Waals surface area contributed by atoms with Crippen LogP contribution in [0.4, 0.5) is 22.7 Å². The molecule has 2 aliphatic heterocycles. The third kappa shape index (κ3) is 5.25. The lowest BCUT2D eigenvalue weighted by Crippen LogP contribution is -2.51. The molecule has 1 saturated heterocycles. The average molecular weight is 565 g/mol. The van der Waals surface area contributed by atoms with Crippen LogP contribution < -0.4 is 9.66 Å². The fourth-order valence-corrected chi connectivity index (χ4v) is 7.97. The maximum absolute atomic E-state index is 11.4. The van der Waals surface area contributed by atoms with E-state index in [4.69, 9.17) is 4.84 Å². The van der Waals surface area contributed by atoms with E-state index in [2.05, 4.69) is 56.5 Å². The lowest BCUT2D eigenvalue weighted by Gasteiger charge is -2.44. The molecule has 0 amide bonds. The van der Waals surface area contributed by atoms with Crippen molar-refractivity contribution >= 4 is 29.2 Å². The molecule has 0 N–H and O–H groups in total. The molecule has 2 saturated carbocycles. The molecular weight excluding hydrogens is 522 g/mol. The van der Waals surface area contributed by atoms with Gasteiger partial charge in [0.15, 0.2) is 5.69 Å². The number of benzene rings is 3. The van der Waals surface area contributed by atoms with Crippen LogP contribution in [0.2, 0.25) is 0 Å². The summed E-state index contributed by atoms with van der Waals surface area (Å²) in [6, 6.07) is 25.3. The summed E-state index contributed by atoms with van der Waals surface area (Å²) in [6.07, 6.45) is 13.1. The quantitative estimate of drug-likeness (QED) is 0.214. The number of hydrogen-bond donors (Lipinski definition) is 0. The number of nitrogens with zero attached hydrogens (tertiary/aromatic N) is 5. The molecule has 3 aromatic carbocycles. The van der Waals surface area contributed by atoms with Crippen molar-refractivity contribution in [2.45, 2.75) is 63.8 Å². The van der Waals surface area contributed by atoms with Crippen molar-refractivity contribution in [3.05, 3.63) is 72.8 Å². The summed E-state index contributed by atoms with van der Waals surface area (Å²) in [5, 5.41) is 8.56. The molecule has 7 rings (SSSR count). The summed E-state index contributed by atoms with van der Waals surface area (Å²) in [6.45, 7) is 4.97. The van der Waals surface area contributed by atoms with E-state index in [-0.39, 0.29) is 0 Å². The Hall–Kier alpha value is -3.55. The summed E-state index contributed by atoms with van der Waals surface area (Å²) < 4.78 is -0.410. The number of hydrogen-bond acceptors (Lipinski definition) is 6. The molecule has 42 heavy (non-hydrogen) atoms. The number of anilines is 1. The van der Waals surface area contributed by atoms with E-state index in [1.54, 1.807) is 0 Å². The Morgan fingerprint density at radius 2 is 1.36 bits per heavy atom. The SMILES string of the molecule is O=CO[N+]1(c2ccc(-c3ccc(N4CCN([C@H]5CC[C@H](C6CCCCC6)CC5)CC4)cc3)cc2)N=Nc2ccccc21. The summed E-state index contributed by atoms with van der Waals surface area (Å²) >= 11 is 0. The molecular formula is C35H42N5O2+. The van der Waals surface area contributed by atoms with Crippen LogP contribution in [-0.4, -0.2) is 43.6 Å². The number of quaternary nitrogens is 1. The lowest BCUT2D eigenvalue weighted by atomic mass is 9.72. The highest BCUT2D eigenvalue weighted by Gasteiger charge is 2.45. The van der Waals surface area contributed by atoms with E-state index in [1.807, 2.05) is 36.4 Å². The van der Waals surface area contributed by atoms with Gasteiger partial charge in [-0.25, -0.2) is 9.63 Å². The van der Waals surface area contributed by atoms with Gasteiger partial charge in [0.1, 0.15) is 0 Å². The molecule has 4 aliphatic rings. The highest BCUT2D eigenvalue weighted by molar-refractivity contribution is 5.74. The van der Waals surface area contributed by atoms with Crippen LogP contribution in [0.1, 0.15) is 57.8 Å². The molecule has 0 bridgehead atoms. The van der Waals surface area contributed by atoms with Crippen molar-refractivity contribution in [1.29, 1.82) is 0 Å². The Morgan fingerprint density at radius 1 is 0.714 bits per heavy atom. The average Bonchev–Trinajstić information content (AvgIpc) is 3.45. The van der Waals surface area contributed by atoms with Gasteiger partial charge >= 0.3 is 6.47 Å². The number of rotatable bonds is 7. The second-order valence-corrected chi connectivity index (χ2v) is 12.5. The minimum atomic E-state index is -0.410. The lowest BCUT2D eigenvalue weighted by molar-refractivity contribution is -0.156. The van der Waals surface area contributed by atoms with Crippen molar-refractivity contribution < 1.29 is 9.63 Å². The largest absolute Gasteiger partial charge is 0.369 e. The Kier molecular flexibility index (Phi) is 7.78. The molecule has 3 fully saturated rings. The van der Waals surface area contributed by atoms with Crippen LogP contribution >= 0.6 is 0 Å². The molecule has 1 atom stereocenters. The number of carbonyl (C=O) groups excluding carboxylic acids is 1. The van der Waals surface area contributed by atoms with Crippen LogP contribution in [0.5, 0.6) is 0 Å². The summed E-state index contributed by atoms with van der Waals surface area (Å²) in [5.41, 5.74) is 5.69. The van der Waals surface area contributed by atoms with Gasteiger partial charge in [-0.1, -0.05) is 61.5 Å². The van der Waals surface area contributed by atoms with Gasteiger partial charge in [0, 0.05) is 56.1 Å². The van der Waals surface area contributed by atoms with Gasteiger partial charge < -0.3 is 4.90 Å². The first-order chi connectivity index (χ1) is 20.7. The first kappa shape index (κ1) is 27.3. The summed E-state index contributed by atoms with van der Waals surface area (Å²) in [4.78, 5) is 22.2. The van der Waals surface area contributed by atoms with Gasteiger partial charge in [-0.15, -0.1) is 0 Å². The van der Waals surface area contributed by atoms with E-state index in [0.717, 1.165) is 47.8 Å². The van der Waals surface area contributed by atoms with Crippen molar-refractivity contribution in [3.63, 3.8) is 0 Å². The minimum absolute atomic E-state index is 0.410. The van der Waals surface area contributed by atoms with Crippen LogP contribution in [0, 0.1) is 11.8 Å². The fourth-order valence-electron chi connectivity index (χ4n) is 7.97. The van der Waals surface area contributed by atoms with Crippen molar-refractivity contribution in [2.24, 2.45) is 22.2 Å². The predicted molar refractivity (Wildman–Crippen MR) is 168 cm³/mol. The van der Waals surface area contributed by atoms with Gasteiger partial charge in [-0.05, 0) is 79.0 Å². The smallest absolute Gasteiger partial charge is 0.360 e. The van der Waals surface area contributed by atoms with Gasteiger partial charge in [-0.3, -0.25) is 4.90 Å². The Bertz CT molecular complexity index is 1390. The third-order valence-electron chi connectivity index (χ3n) is 10.4. The monoisotopic (exact) mass is 564 g/mol. The van der Waals surface area contributed by atoms with Crippen LogP contribution in [-0.2, 0) is 9.63 Å².